The first-order valence-electron chi connectivity index (χ1n) is 7.80. The van der Waals surface area contributed by atoms with E-state index in [0.29, 0.717) is 25.1 Å². The van der Waals surface area contributed by atoms with Crippen molar-refractivity contribution in [2.24, 2.45) is 0 Å². The topological polar surface area (TPSA) is 45.6 Å². The molecule has 1 saturated heterocycles. The first kappa shape index (κ1) is 16.1. The lowest BCUT2D eigenvalue weighted by Gasteiger charge is -2.42. The standard InChI is InChI=1S/C18H21FN2O2/c19-17-6-2-1-5-16(17)10-18(14-22)13-21(8-9-23-18)12-15-4-3-7-20-11-15/h1-7,11,22H,8-10,12-14H2/t18-/m1/s1. The van der Waals surface area contributed by atoms with Crippen LogP contribution in [0.1, 0.15) is 11.1 Å². The van der Waals surface area contributed by atoms with Gasteiger partial charge in [0.1, 0.15) is 11.4 Å². The van der Waals surface area contributed by atoms with Gasteiger partial charge in [-0.3, -0.25) is 9.88 Å². The molecule has 0 radical (unpaired) electrons. The summed E-state index contributed by atoms with van der Waals surface area (Å²) in [5.74, 6) is -0.256. The lowest BCUT2D eigenvalue weighted by molar-refractivity contribution is -0.134. The smallest absolute Gasteiger partial charge is 0.126 e. The summed E-state index contributed by atoms with van der Waals surface area (Å²) >= 11 is 0. The molecule has 0 amide bonds. The van der Waals surface area contributed by atoms with E-state index in [9.17, 15) is 9.50 Å². The van der Waals surface area contributed by atoms with Gasteiger partial charge in [0.15, 0.2) is 0 Å². The van der Waals surface area contributed by atoms with Crippen molar-refractivity contribution in [3.8, 4) is 0 Å². The van der Waals surface area contributed by atoms with Crippen LogP contribution in [-0.2, 0) is 17.7 Å². The van der Waals surface area contributed by atoms with Crippen molar-refractivity contribution in [3.05, 3.63) is 65.7 Å². The van der Waals surface area contributed by atoms with Crippen LogP contribution in [0, 0.1) is 5.82 Å². The van der Waals surface area contributed by atoms with Gasteiger partial charge in [-0.1, -0.05) is 24.3 Å². The molecule has 2 aromatic rings. The Hall–Kier alpha value is -1.82. The molecular weight excluding hydrogens is 295 g/mol. The number of aliphatic hydroxyl groups is 1. The van der Waals surface area contributed by atoms with Gasteiger partial charge in [-0.05, 0) is 23.3 Å². The van der Waals surface area contributed by atoms with E-state index in [4.69, 9.17) is 4.74 Å². The highest BCUT2D eigenvalue weighted by atomic mass is 19.1. The lowest BCUT2D eigenvalue weighted by Crippen LogP contribution is -2.55. The molecule has 0 spiro atoms. The molecule has 0 saturated carbocycles. The predicted molar refractivity (Wildman–Crippen MR) is 85.4 cm³/mol. The Morgan fingerprint density at radius 2 is 2.13 bits per heavy atom. The van der Waals surface area contributed by atoms with E-state index in [1.165, 1.54) is 6.07 Å². The van der Waals surface area contributed by atoms with Crippen LogP contribution in [0.2, 0.25) is 0 Å². The molecule has 0 aliphatic carbocycles. The Balaban J connectivity index is 1.72. The number of aromatic nitrogens is 1. The lowest BCUT2D eigenvalue weighted by atomic mass is 9.92. The second-order valence-corrected chi connectivity index (χ2v) is 6.03. The molecule has 5 heteroatoms. The van der Waals surface area contributed by atoms with Crippen LogP contribution in [0.25, 0.3) is 0 Å². The Morgan fingerprint density at radius 3 is 2.87 bits per heavy atom. The molecule has 2 heterocycles. The van der Waals surface area contributed by atoms with Gasteiger partial charge in [-0.2, -0.15) is 0 Å². The third-order valence-electron chi connectivity index (χ3n) is 4.22. The average molecular weight is 316 g/mol. The molecule has 1 aliphatic rings. The maximum absolute atomic E-state index is 13.9. The van der Waals surface area contributed by atoms with Crippen molar-refractivity contribution in [2.75, 3.05) is 26.3 Å². The number of hydrogen-bond donors (Lipinski definition) is 1. The Labute approximate surface area is 135 Å². The predicted octanol–water partition coefficient (Wildman–Crippen LogP) is 2.03. The molecule has 1 aromatic heterocycles. The van der Waals surface area contributed by atoms with E-state index in [2.05, 4.69) is 9.88 Å². The zero-order valence-electron chi connectivity index (χ0n) is 13.0. The van der Waals surface area contributed by atoms with E-state index in [0.717, 1.165) is 18.7 Å². The molecule has 1 aliphatic heterocycles. The van der Waals surface area contributed by atoms with Crippen LogP contribution in [0.3, 0.4) is 0 Å². The van der Waals surface area contributed by atoms with Gasteiger partial charge in [0.2, 0.25) is 0 Å². The quantitative estimate of drug-likeness (QED) is 0.917. The van der Waals surface area contributed by atoms with E-state index >= 15 is 0 Å². The van der Waals surface area contributed by atoms with Crippen molar-refractivity contribution < 1.29 is 14.2 Å². The van der Waals surface area contributed by atoms with Crippen LogP contribution in [0.4, 0.5) is 4.39 Å². The van der Waals surface area contributed by atoms with E-state index in [1.807, 2.05) is 18.3 Å². The number of aliphatic hydroxyl groups excluding tert-OH is 1. The fraction of sp³-hybridized carbons (Fsp3) is 0.389. The molecule has 1 atom stereocenters. The largest absolute Gasteiger partial charge is 0.393 e. The second-order valence-electron chi connectivity index (χ2n) is 6.03. The minimum atomic E-state index is -0.761. The Morgan fingerprint density at radius 1 is 1.26 bits per heavy atom. The van der Waals surface area contributed by atoms with Crippen molar-refractivity contribution in [1.29, 1.82) is 0 Å². The number of ether oxygens (including phenoxy) is 1. The van der Waals surface area contributed by atoms with Gasteiger partial charge in [-0.15, -0.1) is 0 Å². The second kappa shape index (κ2) is 7.17. The monoisotopic (exact) mass is 316 g/mol. The Bertz CT molecular complexity index is 638. The van der Waals surface area contributed by atoms with Gasteiger partial charge in [0, 0.05) is 38.4 Å². The number of nitrogens with zero attached hydrogens (tertiary/aromatic N) is 2. The third kappa shape index (κ3) is 3.93. The van der Waals surface area contributed by atoms with Crippen molar-refractivity contribution in [2.45, 2.75) is 18.6 Å². The number of benzene rings is 1. The van der Waals surface area contributed by atoms with Crippen LogP contribution >= 0.6 is 0 Å². The van der Waals surface area contributed by atoms with Crippen LogP contribution < -0.4 is 0 Å². The summed E-state index contributed by atoms with van der Waals surface area (Å²) in [6.07, 6.45) is 3.95. The SMILES string of the molecule is OC[C@@]1(Cc2ccccc2F)CN(Cc2cccnc2)CCO1. The summed E-state index contributed by atoms with van der Waals surface area (Å²) in [6.45, 7) is 2.48. The molecular formula is C18H21FN2O2. The Kier molecular flexibility index (Phi) is 5.00. The van der Waals surface area contributed by atoms with Crippen molar-refractivity contribution in [1.82, 2.24) is 9.88 Å². The minimum Gasteiger partial charge on any atom is -0.393 e. The first-order valence-corrected chi connectivity index (χ1v) is 7.80. The van der Waals surface area contributed by atoms with Crippen LogP contribution in [0.5, 0.6) is 0 Å². The highest BCUT2D eigenvalue weighted by molar-refractivity contribution is 5.20. The molecule has 0 unspecified atom stereocenters. The molecule has 4 nitrogen and oxygen atoms in total. The summed E-state index contributed by atoms with van der Waals surface area (Å²) in [6, 6.07) is 10.6. The number of hydrogen-bond acceptors (Lipinski definition) is 4. The average Bonchev–Trinajstić information content (AvgIpc) is 2.58. The summed E-state index contributed by atoms with van der Waals surface area (Å²) in [5.41, 5.74) is 0.930. The molecule has 1 N–H and O–H groups in total. The summed E-state index contributed by atoms with van der Waals surface area (Å²) < 4.78 is 19.8. The van der Waals surface area contributed by atoms with Crippen LogP contribution in [-0.4, -0.2) is 46.9 Å². The van der Waals surface area contributed by atoms with E-state index in [1.54, 1.807) is 24.4 Å². The van der Waals surface area contributed by atoms with Gasteiger partial charge in [-0.25, -0.2) is 4.39 Å². The molecule has 122 valence electrons. The fourth-order valence-electron chi connectivity index (χ4n) is 3.06. The third-order valence-corrected chi connectivity index (χ3v) is 4.22. The summed E-state index contributed by atoms with van der Waals surface area (Å²) in [7, 11) is 0. The minimum absolute atomic E-state index is 0.134. The first-order chi connectivity index (χ1) is 11.2. The highest BCUT2D eigenvalue weighted by Crippen LogP contribution is 2.25. The van der Waals surface area contributed by atoms with Gasteiger partial charge >= 0.3 is 0 Å². The van der Waals surface area contributed by atoms with Gasteiger partial charge in [0.25, 0.3) is 0 Å². The fourth-order valence-corrected chi connectivity index (χ4v) is 3.06. The molecule has 1 fully saturated rings. The van der Waals surface area contributed by atoms with E-state index in [-0.39, 0.29) is 12.4 Å². The van der Waals surface area contributed by atoms with Gasteiger partial charge in [0.05, 0.1) is 13.2 Å². The van der Waals surface area contributed by atoms with Crippen LogP contribution in [0.15, 0.2) is 48.8 Å². The highest BCUT2D eigenvalue weighted by Gasteiger charge is 2.37. The van der Waals surface area contributed by atoms with Crippen molar-refractivity contribution in [3.63, 3.8) is 0 Å². The normalized spacial score (nSPS) is 22.2. The molecule has 23 heavy (non-hydrogen) atoms. The zero-order chi connectivity index (χ0) is 16.1. The molecule has 3 rings (SSSR count). The van der Waals surface area contributed by atoms with E-state index < -0.39 is 5.60 Å². The zero-order valence-corrected chi connectivity index (χ0v) is 13.0. The molecule has 1 aromatic carbocycles. The summed E-state index contributed by atoms with van der Waals surface area (Å²) in [4.78, 5) is 6.35. The number of morpholine rings is 1. The number of rotatable bonds is 5. The van der Waals surface area contributed by atoms with Gasteiger partial charge < -0.3 is 9.84 Å². The maximum Gasteiger partial charge on any atom is 0.126 e. The number of halogens is 1. The van der Waals surface area contributed by atoms with Crippen molar-refractivity contribution >= 4 is 0 Å². The number of pyridine rings is 1. The summed E-state index contributed by atoms with van der Waals surface area (Å²) in [5, 5.41) is 9.89. The maximum atomic E-state index is 13.9. The molecule has 0 bridgehead atoms.